The van der Waals surface area contributed by atoms with Gasteiger partial charge in [0.1, 0.15) is 0 Å². The molecule has 0 bridgehead atoms. The Morgan fingerprint density at radius 3 is 2.11 bits per heavy atom. The number of halogens is 2. The molecule has 0 unspecified atom stereocenters. The van der Waals surface area contributed by atoms with E-state index < -0.39 is 18.5 Å². The first kappa shape index (κ1) is 20.7. The van der Waals surface area contributed by atoms with Gasteiger partial charge in [0.05, 0.1) is 36.9 Å². The topological polar surface area (TPSA) is 83.1 Å². The van der Waals surface area contributed by atoms with Crippen molar-refractivity contribution in [3.8, 4) is 17.2 Å². The van der Waals surface area contributed by atoms with Gasteiger partial charge in [-0.2, -0.15) is 0 Å². The van der Waals surface area contributed by atoms with Gasteiger partial charge in [0.2, 0.25) is 0 Å². The maximum Gasteiger partial charge on any atom is 0.338 e. The first-order valence-corrected chi connectivity index (χ1v) is 8.37. The molecule has 0 aliphatic heterocycles. The summed E-state index contributed by atoms with van der Waals surface area (Å²) in [4.78, 5) is 24.1. The Labute approximate surface area is 166 Å². The largest absolute Gasteiger partial charge is 0.494 e. The third-order valence-electron chi connectivity index (χ3n) is 3.44. The SMILES string of the molecule is COc1ccc(NC(=O)COC(=O)c2cc(Cl)c(OC)c(Cl)c2)cc1OC. The van der Waals surface area contributed by atoms with Gasteiger partial charge in [-0.15, -0.1) is 0 Å². The highest BCUT2D eigenvalue weighted by Gasteiger charge is 2.16. The summed E-state index contributed by atoms with van der Waals surface area (Å²) < 4.78 is 20.3. The molecule has 2 aromatic carbocycles. The lowest BCUT2D eigenvalue weighted by Gasteiger charge is -2.11. The number of benzene rings is 2. The van der Waals surface area contributed by atoms with Crippen LogP contribution in [0.15, 0.2) is 30.3 Å². The average Bonchev–Trinajstić information content (AvgIpc) is 2.65. The fourth-order valence-electron chi connectivity index (χ4n) is 2.20. The number of carbonyl (C=O) groups is 2. The van der Waals surface area contributed by atoms with Gasteiger partial charge in [0.25, 0.3) is 5.91 Å². The van der Waals surface area contributed by atoms with Crippen LogP contribution in [0.3, 0.4) is 0 Å². The van der Waals surface area contributed by atoms with E-state index in [-0.39, 0.29) is 21.4 Å². The second kappa shape index (κ2) is 9.34. The van der Waals surface area contributed by atoms with Crippen molar-refractivity contribution in [2.75, 3.05) is 33.3 Å². The zero-order valence-electron chi connectivity index (χ0n) is 14.8. The Morgan fingerprint density at radius 1 is 0.926 bits per heavy atom. The van der Waals surface area contributed by atoms with Gasteiger partial charge in [-0.25, -0.2) is 4.79 Å². The van der Waals surface area contributed by atoms with Crippen LogP contribution in [0, 0.1) is 0 Å². The van der Waals surface area contributed by atoms with Crippen LogP contribution >= 0.6 is 23.2 Å². The molecule has 0 aromatic heterocycles. The Kier molecular flexibility index (Phi) is 7.15. The number of ether oxygens (including phenoxy) is 4. The molecule has 0 heterocycles. The van der Waals surface area contributed by atoms with Crippen molar-refractivity contribution in [1.82, 2.24) is 0 Å². The molecule has 0 aliphatic carbocycles. The summed E-state index contributed by atoms with van der Waals surface area (Å²) in [6.45, 7) is -0.492. The first-order chi connectivity index (χ1) is 12.9. The molecule has 1 amide bonds. The second-order valence-electron chi connectivity index (χ2n) is 5.17. The van der Waals surface area contributed by atoms with Crippen molar-refractivity contribution in [3.63, 3.8) is 0 Å². The fourth-order valence-corrected chi connectivity index (χ4v) is 2.84. The number of amides is 1. The summed E-state index contributed by atoms with van der Waals surface area (Å²) in [5, 5.41) is 2.91. The van der Waals surface area contributed by atoms with Crippen molar-refractivity contribution >= 4 is 40.8 Å². The number of hydrogen-bond donors (Lipinski definition) is 1. The molecule has 0 saturated heterocycles. The molecule has 1 N–H and O–H groups in total. The lowest BCUT2D eigenvalue weighted by Crippen LogP contribution is -2.21. The van der Waals surface area contributed by atoms with Crippen molar-refractivity contribution < 1.29 is 28.5 Å². The molecule has 0 fully saturated rings. The third-order valence-corrected chi connectivity index (χ3v) is 4.00. The van der Waals surface area contributed by atoms with E-state index in [4.69, 9.17) is 42.1 Å². The van der Waals surface area contributed by atoms with Gasteiger partial charge in [-0.1, -0.05) is 23.2 Å². The Hall–Kier alpha value is -2.64. The van der Waals surface area contributed by atoms with Crippen LogP contribution in [-0.4, -0.2) is 39.8 Å². The first-order valence-electron chi connectivity index (χ1n) is 7.61. The number of rotatable bonds is 7. The van der Waals surface area contributed by atoms with E-state index in [9.17, 15) is 9.59 Å². The maximum absolute atomic E-state index is 12.1. The summed E-state index contributed by atoms with van der Waals surface area (Å²) in [6.07, 6.45) is 0. The van der Waals surface area contributed by atoms with Gasteiger partial charge in [-0.3, -0.25) is 4.79 Å². The zero-order chi connectivity index (χ0) is 20.0. The molecule has 2 rings (SSSR count). The number of esters is 1. The summed E-state index contributed by atoms with van der Waals surface area (Å²) in [5.74, 6) is -0.0451. The van der Waals surface area contributed by atoms with E-state index in [1.54, 1.807) is 18.2 Å². The normalized spacial score (nSPS) is 10.1. The predicted molar refractivity (Wildman–Crippen MR) is 101 cm³/mol. The molecule has 7 nitrogen and oxygen atoms in total. The Morgan fingerprint density at radius 2 is 1.56 bits per heavy atom. The number of carbonyl (C=O) groups excluding carboxylic acids is 2. The smallest absolute Gasteiger partial charge is 0.338 e. The van der Waals surface area contributed by atoms with E-state index >= 15 is 0 Å². The molecular formula is C18H17Cl2NO6. The summed E-state index contributed by atoms with van der Waals surface area (Å²) in [6, 6.07) is 7.55. The lowest BCUT2D eigenvalue weighted by molar-refractivity contribution is -0.119. The molecule has 0 radical (unpaired) electrons. The zero-order valence-corrected chi connectivity index (χ0v) is 16.3. The van der Waals surface area contributed by atoms with Crippen molar-refractivity contribution in [3.05, 3.63) is 45.9 Å². The minimum Gasteiger partial charge on any atom is -0.494 e. The summed E-state index contributed by atoms with van der Waals surface area (Å²) in [5.41, 5.74) is 0.564. The van der Waals surface area contributed by atoms with Gasteiger partial charge >= 0.3 is 5.97 Å². The van der Waals surface area contributed by atoms with E-state index in [0.717, 1.165) is 0 Å². The Balaban J connectivity index is 1.98. The van der Waals surface area contributed by atoms with Crippen LogP contribution in [0.2, 0.25) is 10.0 Å². The maximum atomic E-state index is 12.1. The van der Waals surface area contributed by atoms with Gasteiger partial charge in [0.15, 0.2) is 23.9 Å². The molecule has 27 heavy (non-hydrogen) atoms. The molecular weight excluding hydrogens is 397 g/mol. The number of methoxy groups -OCH3 is 3. The standard InChI is InChI=1S/C18H17Cl2NO6/c1-24-14-5-4-11(8-15(14)25-2)21-16(22)9-27-18(23)10-6-12(19)17(26-3)13(20)7-10/h4-8H,9H2,1-3H3,(H,21,22). The molecule has 144 valence electrons. The van der Waals surface area contributed by atoms with Crippen LogP contribution in [0.4, 0.5) is 5.69 Å². The molecule has 9 heteroatoms. The highest BCUT2D eigenvalue weighted by Crippen LogP contribution is 2.34. The van der Waals surface area contributed by atoms with Crippen molar-refractivity contribution in [2.24, 2.45) is 0 Å². The molecule has 2 aromatic rings. The monoisotopic (exact) mass is 413 g/mol. The van der Waals surface area contributed by atoms with Crippen LogP contribution in [0.1, 0.15) is 10.4 Å². The summed E-state index contributed by atoms with van der Waals surface area (Å²) in [7, 11) is 4.40. The highest BCUT2D eigenvalue weighted by atomic mass is 35.5. The molecule has 0 aliphatic rings. The third kappa shape index (κ3) is 5.18. The second-order valence-corrected chi connectivity index (χ2v) is 5.98. The van der Waals surface area contributed by atoms with Gasteiger partial charge in [0, 0.05) is 11.8 Å². The van der Waals surface area contributed by atoms with E-state index in [1.165, 1.54) is 33.5 Å². The van der Waals surface area contributed by atoms with Crippen LogP contribution in [0.25, 0.3) is 0 Å². The number of anilines is 1. The lowest BCUT2D eigenvalue weighted by atomic mass is 10.2. The van der Waals surface area contributed by atoms with Crippen LogP contribution in [0.5, 0.6) is 17.2 Å². The molecule has 0 saturated carbocycles. The van der Waals surface area contributed by atoms with Crippen LogP contribution < -0.4 is 19.5 Å². The highest BCUT2D eigenvalue weighted by molar-refractivity contribution is 6.37. The van der Waals surface area contributed by atoms with E-state index in [0.29, 0.717) is 17.2 Å². The van der Waals surface area contributed by atoms with Gasteiger partial charge < -0.3 is 24.3 Å². The van der Waals surface area contributed by atoms with Crippen LogP contribution in [-0.2, 0) is 9.53 Å². The van der Waals surface area contributed by atoms with Crippen molar-refractivity contribution in [1.29, 1.82) is 0 Å². The average molecular weight is 414 g/mol. The fraction of sp³-hybridized carbons (Fsp3) is 0.222. The summed E-state index contributed by atoms with van der Waals surface area (Å²) >= 11 is 12.0. The molecule has 0 spiro atoms. The van der Waals surface area contributed by atoms with E-state index in [2.05, 4.69) is 5.32 Å². The minimum absolute atomic E-state index is 0.102. The number of nitrogens with one attached hydrogen (secondary N) is 1. The van der Waals surface area contributed by atoms with E-state index in [1.807, 2.05) is 0 Å². The van der Waals surface area contributed by atoms with Gasteiger partial charge in [-0.05, 0) is 24.3 Å². The minimum atomic E-state index is -0.746. The number of hydrogen-bond acceptors (Lipinski definition) is 6. The predicted octanol–water partition coefficient (Wildman–Crippen LogP) is 3.81. The molecule has 0 atom stereocenters. The Bertz CT molecular complexity index is 833. The van der Waals surface area contributed by atoms with Crippen molar-refractivity contribution in [2.45, 2.75) is 0 Å². The quantitative estimate of drug-likeness (QED) is 0.694.